The molecule has 1 aliphatic heterocycles. The zero-order valence-corrected chi connectivity index (χ0v) is 11.1. The van der Waals surface area contributed by atoms with Crippen LogP contribution in [0.25, 0.3) is 0 Å². The van der Waals surface area contributed by atoms with Crippen LogP contribution in [0.5, 0.6) is 0 Å². The number of rotatable bonds is 3. The summed E-state index contributed by atoms with van der Waals surface area (Å²) in [6, 6.07) is 7.19. The van der Waals surface area contributed by atoms with Gasteiger partial charge < -0.3 is 5.32 Å². The molecular weight excluding hydrogens is 210 g/mol. The smallest absolute Gasteiger partial charge is 0.0572 e. The maximum Gasteiger partial charge on any atom is 0.0572 e. The van der Waals surface area contributed by atoms with E-state index in [1.165, 1.54) is 5.69 Å². The van der Waals surface area contributed by atoms with Crippen molar-refractivity contribution in [2.45, 2.75) is 32.9 Å². The molecule has 0 radical (unpaired) electrons. The molecule has 0 saturated carbocycles. The predicted octanol–water partition coefficient (Wildman–Crippen LogP) is 2.07. The Morgan fingerprint density at radius 1 is 1.35 bits per heavy atom. The van der Waals surface area contributed by atoms with Crippen LogP contribution in [-0.4, -0.2) is 35.6 Å². The molecule has 0 aliphatic carbocycles. The van der Waals surface area contributed by atoms with Crippen molar-refractivity contribution < 1.29 is 0 Å². The van der Waals surface area contributed by atoms with Crippen LogP contribution >= 0.6 is 0 Å². The minimum atomic E-state index is 0.416. The van der Waals surface area contributed by atoms with E-state index in [1.54, 1.807) is 0 Å². The summed E-state index contributed by atoms with van der Waals surface area (Å²) in [5.74, 6) is 0.689. The highest BCUT2D eigenvalue weighted by Gasteiger charge is 2.25. The SMILES string of the molecule is CC(C)C1CN(C(C)c2ccccn2)CCN1. The molecule has 2 atom stereocenters. The fraction of sp³-hybridized carbons (Fsp3) is 0.643. The third kappa shape index (κ3) is 3.05. The Morgan fingerprint density at radius 2 is 2.18 bits per heavy atom. The summed E-state index contributed by atoms with van der Waals surface area (Å²) in [6.07, 6.45) is 1.88. The number of piperazine rings is 1. The van der Waals surface area contributed by atoms with Gasteiger partial charge in [-0.15, -0.1) is 0 Å². The summed E-state index contributed by atoms with van der Waals surface area (Å²) in [4.78, 5) is 6.99. The van der Waals surface area contributed by atoms with Crippen LogP contribution in [0, 0.1) is 5.92 Å². The number of nitrogens with one attached hydrogen (secondary N) is 1. The highest BCUT2D eigenvalue weighted by Crippen LogP contribution is 2.20. The molecule has 1 saturated heterocycles. The molecule has 1 aliphatic rings. The standard InChI is InChI=1S/C14H23N3/c1-11(2)14-10-17(9-8-16-14)12(3)13-6-4-5-7-15-13/h4-7,11-12,14,16H,8-10H2,1-3H3. The zero-order chi connectivity index (χ0) is 12.3. The fourth-order valence-corrected chi connectivity index (χ4v) is 2.41. The van der Waals surface area contributed by atoms with Gasteiger partial charge in [-0.2, -0.15) is 0 Å². The van der Waals surface area contributed by atoms with Crippen molar-refractivity contribution in [3.63, 3.8) is 0 Å². The van der Waals surface area contributed by atoms with E-state index in [0.29, 0.717) is 18.0 Å². The maximum absolute atomic E-state index is 4.46. The van der Waals surface area contributed by atoms with Gasteiger partial charge in [-0.3, -0.25) is 9.88 Å². The summed E-state index contributed by atoms with van der Waals surface area (Å²) < 4.78 is 0. The normalized spacial score (nSPS) is 23.9. The lowest BCUT2D eigenvalue weighted by molar-refractivity contribution is 0.133. The van der Waals surface area contributed by atoms with Crippen LogP contribution < -0.4 is 5.32 Å². The largest absolute Gasteiger partial charge is 0.311 e. The van der Waals surface area contributed by atoms with Crippen molar-refractivity contribution in [2.24, 2.45) is 5.92 Å². The molecule has 2 unspecified atom stereocenters. The lowest BCUT2D eigenvalue weighted by atomic mass is 10.0. The lowest BCUT2D eigenvalue weighted by Crippen LogP contribution is -2.53. The Labute approximate surface area is 104 Å². The van der Waals surface area contributed by atoms with Gasteiger partial charge in [0.15, 0.2) is 0 Å². The number of nitrogens with zero attached hydrogens (tertiary/aromatic N) is 2. The van der Waals surface area contributed by atoms with Crippen molar-refractivity contribution in [1.82, 2.24) is 15.2 Å². The quantitative estimate of drug-likeness (QED) is 0.866. The van der Waals surface area contributed by atoms with Crippen molar-refractivity contribution in [3.8, 4) is 0 Å². The summed E-state index contributed by atoms with van der Waals surface area (Å²) in [5, 5.41) is 3.59. The van der Waals surface area contributed by atoms with Gasteiger partial charge >= 0.3 is 0 Å². The molecule has 0 spiro atoms. The molecule has 1 fully saturated rings. The molecule has 17 heavy (non-hydrogen) atoms. The van der Waals surface area contributed by atoms with Crippen molar-refractivity contribution in [3.05, 3.63) is 30.1 Å². The molecule has 0 amide bonds. The first-order valence-electron chi connectivity index (χ1n) is 6.57. The molecule has 3 heteroatoms. The number of hydrogen-bond donors (Lipinski definition) is 1. The second-order valence-electron chi connectivity index (χ2n) is 5.23. The number of aromatic nitrogens is 1. The van der Waals surface area contributed by atoms with E-state index in [-0.39, 0.29) is 0 Å². The molecule has 0 aromatic carbocycles. The first-order valence-corrected chi connectivity index (χ1v) is 6.57. The third-order valence-corrected chi connectivity index (χ3v) is 3.71. The maximum atomic E-state index is 4.46. The van der Waals surface area contributed by atoms with Crippen LogP contribution in [0.2, 0.25) is 0 Å². The Morgan fingerprint density at radius 3 is 2.82 bits per heavy atom. The highest BCUT2D eigenvalue weighted by molar-refractivity contribution is 5.08. The first-order chi connectivity index (χ1) is 8.18. The van der Waals surface area contributed by atoms with E-state index in [4.69, 9.17) is 0 Å². The van der Waals surface area contributed by atoms with E-state index in [1.807, 2.05) is 12.3 Å². The molecule has 2 heterocycles. The van der Waals surface area contributed by atoms with E-state index in [0.717, 1.165) is 19.6 Å². The van der Waals surface area contributed by atoms with Gasteiger partial charge in [0.25, 0.3) is 0 Å². The summed E-state index contributed by atoms with van der Waals surface area (Å²) in [7, 11) is 0. The second kappa shape index (κ2) is 5.61. The Bertz CT molecular complexity index is 337. The molecule has 2 rings (SSSR count). The van der Waals surface area contributed by atoms with E-state index in [9.17, 15) is 0 Å². The summed E-state index contributed by atoms with van der Waals surface area (Å²) in [6.45, 7) is 10.1. The van der Waals surface area contributed by atoms with E-state index < -0.39 is 0 Å². The van der Waals surface area contributed by atoms with Crippen LogP contribution in [0.15, 0.2) is 24.4 Å². The van der Waals surface area contributed by atoms with Gasteiger partial charge in [0.2, 0.25) is 0 Å². The van der Waals surface area contributed by atoms with Crippen LogP contribution in [-0.2, 0) is 0 Å². The Kier molecular flexibility index (Phi) is 4.13. The minimum absolute atomic E-state index is 0.416. The molecule has 1 N–H and O–H groups in total. The van der Waals surface area contributed by atoms with Gasteiger partial charge in [-0.25, -0.2) is 0 Å². The summed E-state index contributed by atoms with van der Waals surface area (Å²) in [5.41, 5.74) is 1.18. The van der Waals surface area contributed by atoms with Crippen molar-refractivity contribution >= 4 is 0 Å². The van der Waals surface area contributed by atoms with Crippen LogP contribution in [0.3, 0.4) is 0 Å². The number of pyridine rings is 1. The molecule has 3 nitrogen and oxygen atoms in total. The Balaban J connectivity index is 2.02. The zero-order valence-electron chi connectivity index (χ0n) is 11.1. The molecule has 0 bridgehead atoms. The first kappa shape index (κ1) is 12.5. The fourth-order valence-electron chi connectivity index (χ4n) is 2.41. The van der Waals surface area contributed by atoms with Gasteiger partial charge in [0.05, 0.1) is 5.69 Å². The van der Waals surface area contributed by atoms with Gasteiger partial charge in [0.1, 0.15) is 0 Å². The minimum Gasteiger partial charge on any atom is -0.311 e. The van der Waals surface area contributed by atoms with Crippen molar-refractivity contribution in [1.29, 1.82) is 0 Å². The van der Waals surface area contributed by atoms with Gasteiger partial charge in [-0.05, 0) is 25.0 Å². The topological polar surface area (TPSA) is 28.2 Å². The van der Waals surface area contributed by atoms with E-state index in [2.05, 4.69) is 48.1 Å². The molecule has 1 aromatic rings. The summed E-state index contributed by atoms with van der Waals surface area (Å²) >= 11 is 0. The average molecular weight is 233 g/mol. The lowest BCUT2D eigenvalue weighted by Gasteiger charge is -2.38. The molecule has 1 aromatic heterocycles. The van der Waals surface area contributed by atoms with Crippen LogP contribution in [0.4, 0.5) is 0 Å². The average Bonchev–Trinajstić information content (AvgIpc) is 2.39. The van der Waals surface area contributed by atoms with Crippen LogP contribution in [0.1, 0.15) is 32.5 Å². The highest BCUT2D eigenvalue weighted by atomic mass is 15.2. The number of hydrogen-bond acceptors (Lipinski definition) is 3. The van der Waals surface area contributed by atoms with Crippen molar-refractivity contribution in [2.75, 3.05) is 19.6 Å². The molecule has 94 valence electrons. The van der Waals surface area contributed by atoms with Gasteiger partial charge in [0, 0.05) is 37.9 Å². The molecular formula is C14H23N3. The third-order valence-electron chi connectivity index (χ3n) is 3.71. The second-order valence-corrected chi connectivity index (χ2v) is 5.23. The Hall–Kier alpha value is -0.930. The monoisotopic (exact) mass is 233 g/mol. The predicted molar refractivity (Wildman–Crippen MR) is 70.9 cm³/mol. The van der Waals surface area contributed by atoms with E-state index >= 15 is 0 Å². The van der Waals surface area contributed by atoms with Gasteiger partial charge in [-0.1, -0.05) is 19.9 Å².